The Morgan fingerprint density at radius 2 is 2.21 bits per heavy atom. The van der Waals surface area contributed by atoms with Crippen LogP contribution >= 0.6 is 12.2 Å². The van der Waals surface area contributed by atoms with E-state index in [-0.39, 0.29) is 0 Å². The number of para-hydroxylation sites is 1. The number of nitrogens with one attached hydrogen (secondary N) is 1. The zero-order valence-corrected chi connectivity index (χ0v) is 11.5. The number of H-pyrrole nitrogens is 1. The van der Waals surface area contributed by atoms with Crippen molar-refractivity contribution in [1.82, 2.24) is 14.8 Å². The van der Waals surface area contributed by atoms with Gasteiger partial charge in [-0.05, 0) is 43.6 Å². The minimum atomic E-state index is 0.384. The van der Waals surface area contributed by atoms with Crippen molar-refractivity contribution >= 4 is 12.2 Å². The summed E-state index contributed by atoms with van der Waals surface area (Å²) in [7, 11) is 0. The molecule has 0 spiro atoms. The molecule has 2 heterocycles. The molecule has 1 N–H and O–H groups in total. The van der Waals surface area contributed by atoms with Gasteiger partial charge in [0.05, 0.1) is 6.10 Å². The molecule has 5 heteroatoms. The lowest BCUT2D eigenvalue weighted by atomic mass is 10.1. The van der Waals surface area contributed by atoms with Crippen LogP contribution in [0.3, 0.4) is 0 Å². The van der Waals surface area contributed by atoms with E-state index in [1.807, 2.05) is 34.9 Å². The van der Waals surface area contributed by atoms with Gasteiger partial charge in [0.2, 0.25) is 0 Å². The van der Waals surface area contributed by atoms with Gasteiger partial charge in [0.25, 0.3) is 0 Å². The van der Waals surface area contributed by atoms with E-state index in [1.54, 1.807) is 0 Å². The van der Waals surface area contributed by atoms with Crippen LogP contribution in [0.4, 0.5) is 0 Å². The summed E-state index contributed by atoms with van der Waals surface area (Å²) in [4.78, 5) is 0. The molecular weight excluding hydrogens is 258 g/mol. The Balaban J connectivity index is 1.80. The summed E-state index contributed by atoms with van der Waals surface area (Å²) in [5.74, 6) is 0.978. The maximum Gasteiger partial charge on any atom is 0.199 e. The standard InChI is InChI=1S/C14H17N3OS/c19-14-16-15-13(9-8-12-7-4-10-18-12)17(14)11-5-2-1-3-6-11/h1-3,5-6,12H,4,7-10H2,(H,16,19). The first-order valence-corrected chi connectivity index (χ1v) is 7.09. The van der Waals surface area contributed by atoms with Gasteiger partial charge in [-0.3, -0.25) is 9.67 Å². The molecule has 2 aromatic rings. The summed E-state index contributed by atoms with van der Waals surface area (Å²) in [5.41, 5.74) is 1.06. The predicted octanol–water partition coefficient (Wildman–Crippen LogP) is 3.04. The molecule has 100 valence electrons. The zero-order chi connectivity index (χ0) is 13.1. The number of benzene rings is 1. The SMILES string of the molecule is S=c1[nH]nc(CCC2CCCO2)n1-c1ccccc1. The average Bonchev–Trinajstić information content (AvgIpc) is 3.07. The Bertz CT molecular complexity index is 584. The third kappa shape index (κ3) is 2.77. The molecule has 1 fully saturated rings. The smallest absolute Gasteiger partial charge is 0.199 e. The number of hydrogen-bond acceptors (Lipinski definition) is 3. The van der Waals surface area contributed by atoms with Gasteiger partial charge in [-0.2, -0.15) is 5.10 Å². The third-order valence-electron chi connectivity index (χ3n) is 3.47. The molecule has 0 radical (unpaired) electrons. The molecule has 1 atom stereocenters. The van der Waals surface area contributed by atoms with Crippen LogP contribution in [-0.4, -0.2) is 27.5 Å². The average molecular weight is 275 g/mol. The fourth-order valence-electron chi connectivity index (χ4n) is 2.50. The fraction of sp³-hybridized carbons (Fsp3) is 0.429. The Morgan fingerprint density at radius 1 is 1.37 bits per heavy atom. The quantitative estimate of drug-likeness (QED) is 0.872. The van der Waals surface area contributed by atoms with E-state index in [4.69, 9.17) is 17.0 Å². The van der Waals surface area contributed by atoms with Crippen molar-refractivity contribution in [3.8, 4) is 5.69 Å². The second-order valence-corrected chi connectivity index (χ2v) is 5.18. The molecule has 1 aliphatic rings. The van der Waals surface area contributed by atoms with E-state index in [0.29, 0.717) is 10.9 Å². The number of aryl methyl sites for hydroxylation is 1. The maximum atomic E-state index is 5.65. The van der Waals surface area contributed by atoms with Gasteiger partial charge in [-0.25, -0.2) is 0 Å². The predicted molar refractivity (Wildman–Crippen MR) is 76.0 cm³/mol. The molecule has 1 aliphatic heterocycles. The first-order chi connectivity index (χ1) is 9.34. The first-order valence-electron chi connectivity index (χ1n) is 6.68. The van der Waals surface area contributed by atoms with Crippen molar-refractivity contribution in [3.05, 3.63) is 40.9 Å². The number of ether oxygens (including phenoxy) is 1. The summed E-state index contributed by atoms with van der Waals surface area (Å²) in [6, 6.07) is 10.1. The van der Waals surface area contributed by atoms with E-state index < -0.39 is 0 Å². The molecule has 0 bridgehead atoms. The summed E-state index contributed by atoms with van der Waals surface area (Å²) in [6.45, 7) is 0.899. The van der Waals surface area contributed by atoms with Gasteiger partial charge in [0.15, 0.2) is 4.77 Å². The van der Waals surface area contributed by atoms with Crippen molar-refractivity contribution in [3.63, 3.8) is 0 Å². The molecule has 1 saturated heterocycles. The first kappa shape index (κ1) is 12.6. The van der Waals surface area contributed by atoms with E-state index in [9.17, 15) is 0 Å². The second-order valence-electron chi connectivity index (χ2n) is 4.79. The van der Waals surface area contributed by atoms with Crippen LogP contribution in [-0.2, 0) is 11.2 Å². The molecule has 1 unspecified atom stereocenters. The van der Waals surface area contributed by atoms with Crippen LogP contribution in [0, 0.1) is 4.77 Å². The van der Waals surface area contributed by atoms with Crippen molar-refractivity contribution < 1.29 is 4.74 Å². The largest absolute Gasteiger partial charge is 0.378 e. The third-order valence-corrected chi connectivity index (χ3v) is 3.74. The lowest BCUT2D eigenvalue weighted by Crippen LogP contribution is -2.09. The van der Waals surface area contributed by atoms with Gasteiger partial charge in [0, 0.05) is 18.7 Å². The summed E-state index contributed by atoms with van der Waals surface area (Å²) >= 11 is 5.32. The van der Waals surface area contributed by atoms with E-state index >= 15 is 0 Å². The topological polar surface area (TPSA) is 42.8 Å². The Labute approximate surface area is 117 Å². The molecule has 1 aromatic carbocycles. The molecule has 0 saturated carbocycles. The highest BCUT2D eigenvalue weighted by atomic mass is 32.1. The van der Waals surface area contributed by atoms with Gasteiger partial charge in [-0.1, -0.05) is 18.2 Å². The van der Waals surface area contributed by atoms with Gasteiger partial charge in [0.1, 0.15) is 5.82 Å². The monoisotopic (exact) mass is 275 g/mol. The number of aromatic amines is 1. The fourth-order valence-corrected chi connectivity index (χ4v) is 2.76. The van der Waals surface area contributed by atoms with Crippen LogP contribution in [0.2, 0.25) is 0 Å². The summed E-state index contributed by atoms with van der Waals surface area (Å²) < 4.78 is 8.30. The van der Waals surface area contributed by atoms with Crippen LogP contribution in [0.5, 0.6) is 0 Å². The Morgan fingerprint density at radius 3 is 2.95 bits per heavy atom. The van der Waals surface area contributed by atoms with E-state index in [1.165, 1.54) is 6.42 Å². The van der Waals surface area contributed by atoms with E-state index in [2.05, 4.69) is 10.2 Å². The highest BCUT2D eigenvalue weighted by Crippen LogP contribution is 2.18. The van der Waals surface area contributed by atoms with Crippen molar-refractivity contribution in [2.45, 2.75) is 31.8 Å². The highest BCUT2D eigenvalue weighted by molar-refractivity contribution is 7.71. The number of nitrogens with zero attached hydrogens (tertiary/aromatic N) is 2. The summed E-state index contributed by atoms with van der Waals surface area (Å²) in [5, 5.41) is 7.23. The molecule has 19 heavy (non-hydrogen) atoms. The van der Waals surface area contributed by atoms with Gasteiger partial charge >= 0.3 is 0 Å². The van der Waals surface area contributed by atoms with Gasteiger partial charge in [-0.15, -0.1) is 0 Å². The Hall–Kier alpha value is -1.46. The minimum absolute atomic E-state index is 0.384. The van der Waals surface area contributed by atoms with Crippen LogP contribution in [0.25, 0.3) is 5.69 Å². The van der Waals surface area contributed by atoms with Crippen LogP contribution in [0.15, 0.2) is 30.3 Å². The van der Waals surface area contributed by atoms with E-state index in [0.717, 1.165) is 37.4 Å². The highest BCUT2D eigenvalue weighted by Gasteiger charge is 2.17. The van der Waals surface area contributed by atoms with Crippen molar-refractivity contribution in [2.75, 3.05) is 6.61 Å². The molecule has 0 aliphatic carbocycles. The lowest BCUT2D eigenvalue weighted by molar-refractivity contribution is 0.104. The van der Waals surface area contributed by atoms with Crippen LogP contribution in [0.1, 0.15) is 25.1 Å². The molecule has 4 nitrogen and oxygen atoms in total. The number of aromatic nitrogens is 3. The molecule has 3 rings (SSSR count). The van der Waals surface area contributed by atoms with Crippen molar-refractivity contribution in [2.24, 2.45) is 0 Å². The molecular formula is C14H17N3OS. The second kappa shape index (κ2) is 5.67. The molecule has 1 aromatic heterocycles. The van der Waals surface area contributed by atoms with Gasteiger partial charge < -0.3 is 4.74 Å². The number of hydrogen-bond donors (Lipinski definition) is 1. The van der Waals surface area contributed by atoms with Crippen LogP contribution < -0.4 is 0 Å². The molecule has 0 amide bonds. The lowest BCUT2D eigenvalue weighted by Gasteiger charge is -2.10. The number of rotatable bonds is 4. The normalized spacial score (nSPS) is 18.8. The van der Waals surface area contributed by atoms with Crippen molar-refractivity contribution in [1.29, 1.82) is 0 Å². The minimum Gasteiger partial charge on any atom is -0.378 e. The maximum absolute atomic E-state index is 5.65. The zero-order valence-electron chi connectivity index (χ0n) is 10.7. The Kier molecular flexibility index (Phi) is 3.75. The summed E-state index contributed by atoms with van der Waals surface area (Å²) in [6.07, 6.45) is 4.61.